The molecule has 0 spiro atoms. The summed E-state index contributed by atoms with van der Waals surface area (Å²) in [5.74, 6) is 0.471. The van der Waals surface area contributed by atoms with Gasteiger partial charge in [0.05, 0.1) is 13.2 Å². The Morgan fingerprint density at radius 1 is 0.718 bits per heavy atom. The maximum atomic E-state index is 11.2. The summed E-state index contributed by atoms with van der Waals surface area (Å²) in [6.07, 6.45) is 0. The molecule has 0 unspecified atom stereocenters. The molecule has 2 aromatic rings. The van der Waals surface area contributed by atoms with E-state index in [1.165, 1.54) is 24.3 Å². The van der Waals surface area contributed by atoms with Crippen molar-refractivity contribution in [1.82, 2.24) is 0 Å². The molecule has 2 aromatic carbocycles. The van der Waals surface area contributed by atoms with Crippen molar-refractivity contribution in [3.8, 4) is 17.2 Å². The fraction of sp³-hybridized carbons (Fsp3) is 0.538. The third-order valence-electron chi connectivity index (χ3n) is 5.69. The molecule has 0 aliphatic carbocycles. The molecule has 218 valence electrons. The van der Waals surface area contributed by atoms with Gasteiger partial charge in [0, 0.05) is 56.5 Å². The number of ether oxygens (including phenoxy) is 4. The van der Waals surface area contributed by atoms with E-state index in [1.54, 1.807) is 0 Å². The van der Waals surface area contributed by atoms with Crippen molar-refractivity contribution >= 4 is 51.9 Å². The second kappa shape index (κ2) is 15.6. The second-order valence-corrected chi connectivity index (χ2v) is 23.7. The summed E-state index contributed by atoms with van der Waals surface area (Å²) in [6.45, 7) is 13.6. The second-order valence-electron chi connectivity index (χ2n) is 11.6. The molecule has 0 heterocycles. The molecule has 0 atom stereocenters. The van der Waals surface area contributed by atoms with Crippen LogP contribution >= 0.6 is 23.2 Å². The van der Waals surface area contributed by atoms with Crippen molar-refractivity contribution in [2.24, 2.45) is 0 Å². The maximum Gasteiger partial charge on any atom is 0.564 e. The Hall–Kier alpha value is -1.28. The van der Waals surface area contributed by atoms with E-state index >= 15 is 0 Å². The van der Waals surface area contributed by atoms with Crippen molar-refractivity contribution in [3.63, 3.8) is 0 Å². The Labute approximate surface area is 244 Å². The molecule has 0 radical (unpaired) electrons. The SMILES string of the molecule is C[Si](C)(C)CCOCOc1cc(Cl)cc(CO)c1OB(O)c1c(CO)cc(Cl)cc1OCOCC[Si](C)(C)C. The van der Waals surface area contributed by atoms with Crippen LogP contribution in [-0.2, 0) is 22.7 Å². The van der Waals surface area contributed by atoms with Crippen LogP contribution in [0, 0.1) is 0 Å². The van der Waals surface area contributed by atoms with Gasteiger partial charge in [-0.3, -0.25) is 0 Å². The van der Waals surface area contributed by atoms with Gasteiger partial charge in [-0.1, -0.05) is 62.5 Å². The molecule has 0 aliphatic heterocycles. The lowest BCUT2D eigenvalue weighted by molar-refractivity contribution is 0.0206. The molecule has 0 bridgehead atoms. The molecule has 8 nitrogen and oxygen atoms in total. The third-order valence-corrected chi connectivity index (χ3v) is 9.54. The van der Waals surface area contributed by atoms with E-state index in [0.29, 0.717) is 34.4 Å². The minimum atomic E-state index is -1.61. The Kier molecular flexibility index (Phi) is 13.6. The molecule has 0 fully saturated rings. The van der Waals surface area contributed by atoms with Crippen LogP contribution in [0.4, 0.5) is 0 Å². The Morgan fingerprint density at radius 2 is 1.18 bits per heavy atom. The van der Waals surface area contributed by atoms with Gasteiger partial charge in [-0.25, -0.2) is 0 Å². The van der Waals surface area contributed by atoms with E-state index in [1.807, 2.05) is 0 Å². The van der Waals surface area contributed by atoms with Crippen molar-refractivity contribution in [2.75, 3.05) is 26.8 Å². The standard InChI is InChI=1S/C26H41BCl2O8Si2/c1-38(2,3)9-7-33-17-35-23-13-21(28)11-19(15-30)25(23)27(32)37-26-20(16-31)12-22(29)14-24(26)36-18-34-8-10-39(4,5)6/h11-14,30-32H,7-10,15-18H2,1-6H3. The van der Waals surface area contributed by atoms with E-state index in [-0.39, 0.29) is 36.3 Å². The van der Waals surface area contributed by atoms with E-state index < -0.39 is 36.5 Å². The lowest BCUT2D eigenvalue weighted by atomic mass is 9.75. The van der Waals surface area contributed by atoms with Crippen molar-refractivity contribution < 1.29 is 38.8 Å². The molecule has 0 aromatic heterocycles. The molecule has 0 amide bonds. The Bertz CT molecular complexity index is 1060. The number of benzene rings is 2. The highest BCUT2D eigenvalue weighted by atomic mass is 35.5. The molecule has 3 N–H and O–H groups in total. The third kappa shape index (κ3) is 12.0. The fourth-order valence-corrected chi connectivity index (χ4v) is 5.39. The smallest absolute Gasteiger partial charge is 0.529 e. The van der Waals surface area contributed by atoms with Gasteiger partial charge in [0.2, 0.25) is 0 Å². The summed E-state index contributed by atoms with van der Waals surface area (Å²) in [5, 5.41) is 31.8. The summed E-state index contributed by atoms with van der Waals surface area (Å²) in [7, 11) is -4.14. The van der Waals surface area contributed by atoms with Crippen molar-refractivity contribution in [2.45, 2.75) is 64.6 Å². The highest BCUT2D eigenvalue weighted by Crippen LogP contribution is 2.36. The van der Waals surface area contributed by atoms with Gasteiger partial charge < -0.3 is 38.8 Å². The number of aliphatic hydroxyl groups is 2. The van der Waals surface area contributed by atoms with Gasteiger partial charge in [-0.05, 0) is 35.9 Å². The van der Waals surface area contributed by atoms with Crippen molar-refractivity contribution in [1.29, 1.82) is 0 Å². The lowest BCUT2D eigenvalue weighted by Gasteiger charge is -2.22. The first kappa shape index (κ1) is 33.9. The monoisotopic (exact) mass is 618 g/mol. The average molecular weight is 619 g/mol. The van der Waals surface area contributed by atoms with E-state index in [2.05, 4.69) is 39.3 Å². The predicted molar refractivity (Wildman–Crippen MR) is 162 cm³/mol. The first-order valence-electron chi connectivity index (χ1n) is 12.9. The molecular formula is C26H41BCl2O8Si2. The number of aliphatic hydroxyl groups excluding tert-OH is 2. The number of hydrogen-bond acceptors (Lipinski definition) is 8. The van der Waals surface area contributed by atoms with E-state index in [0.717, 1.165) is 12.1 Å². The largest absolute Gasteiger partial charge is 0.564 e. The van der Waals surface area contributed by atoms with E-state index in [9.17, 15) is 15.2 Å². The van der Waals surface area contributed by atoms with Crippen LogP contribution in [-0.4, -0.2) is 65.3 Å². The zero-order chi connectivity index (χ0) is 29.2. The summed E-state index contributed by atoms with van der Waals surface area (Å²) in [4.78, 5) is 0. The molecule has 0 saturated heterocycles. The number of rotatable bonds is 17. The predicted octanol–water partition coefficient (Wildman–Crippen LogP) is 5.13. The highest BCUT2D eigenvalue weighted by molar-refractivity contribution is 6.76. The van der Waals surface area contributed by atoms with Crippen LogP contribution in [0.2, 0.25) is 61.4 Å². The van der Waals surface area contributed by atoms with Gasteiger partial charge in [0.25, 0.3) is 0 Å². The first-order chi connectivity index (χ1) is 18.2. The Balaban J connectivity index is 2.25. The topological polar surface area (TPSA) is 107 Å². The fourth-order valence-electron chi connectivity index (χ4n) is 3.41. The summed E-state index contributed by atoms with van der Waals surface area (Å²) >= 11 is 12.5. The Morgan fingerprint density at radius 3 is 1.67 bits per heavy atom. The molecule has 0 saturated carbocycles. The molecule has 2 rings (SSSR count). The zero-order valence-electron chi connectivity index (χ0n) is 23.7. The van der Waals surface area contributed by atoms with Crippen LogP contribution in [0.15, 0.2) is 24.3 Å². The van der Waals surface area contributed by atoms with Crippen LogP contribution in [0.25, 0.3) is 0 Å². The maximum absolute atomic E-state index is 11.2. The van der Waals surface area contributed by atoms with Crippen molar-refractivity contribution in [3.05, 3.63) is 45.4 Å². The summed E-state index contributed by atoms with van der Waals surface area (Å²) in [6, 6.07) is 8.01. The minimum Gasteiger partial charge on any atom is -0.529 e. The van der Waals surface area contributed by atoms with Crippen LogP contribution < -0.4 is 19.6 Å². The molecular weight excluding hydrogens is 578 g/mol. The number of halogens is 2. The van der Waals surface area contributed by atoms with Gasteiger partial charge in [0.15, 0.2) is 19.3 Å². The highest BCUT2D eigenvalue weighted by Gasteiger charge is 2.30. The van der Waals surface area contributed by atoms with Gasteiger partial charge in [0.1, 0.15) is 11.5 Å². The van der Waals surface area contributed by atoms with Crippen LogP contribution in [0.3, 0.4) is 0 Å². The number of hydrogen-bond donors (Lipinski definition) is 3. The zero-order valence-corrected chi connectivity index (χ0v) is 27.2. The average Bonchev–Trinajstić information content (AvgIpc) is 2.82. The van der Waals surface area contributed by atoms with E-state index in [4.69, 9.17) is 46.8 Å². The van der Waals surface area contributed by atoms with Gasteiger partial charge in [-0.15, -0.1) is 0 Å². The quantitative estimate of drug-likeness (QED) is 0.127. The van der Waals surface area contributed by atoms with Crippen LogP contribution in [0.1, 0.15) is 11.1 Å². The van der Waals surface area contributed by atoms with Crippen LogP contribution in [0.5, 0.6) is 17.2 Å². The molecule has 13 heteroatoms. The van der Waals surface area contributed by atoms with Gasteiger partial charge >= 0.3 is 7.12 Å². The first-order valence-corrected chi connectivity index (χ1v) is 21.0. The normalized spacial score (nSPS) is 12.0. The lowest BCUT2D eigenvalue weighted by Crippen LogP contribution is -2.41. The molecule has 0 aliphatic rings. The minimum absolute atomic E-state index is 0.0614. The van der Waals surface area contributed by atoms with Gasteiger partial charge in [-0.2, -0.15) is 0 Å². The summed E-state index contributed by atoms with van der Waals surface area (Å²) in [5.41, 5.74) is 0.783. The summed E-state index contributed by atoms with van der Waals surface area (Å²) < 4.78 is 28.8. The molecule has 39 heavy (non-hydrogen) atoms.